The van der Waals surface area contributed by atoms with E-state index < -0.39 is 11.6 Å². The number of likely N-dealkylation sites (tertiary alicyclic amines) is 1. The number of aromatic amines is 2. The van der Waals surface area contributed by atoms with Crippen molar-refractivity contribution < 1.29 is 8.78 Å². The van der Waals surface area contributed by atoms with E-state index in [-0.39, 0.29) is 11.6 Å². The van der Waals surface area contributed by atoms with E-state index in [0.29, 0.717) is 22.4 Å². The van der Waals surface area contributed by atoms with E-state index in [1.54, 1.807) is 6.07 Å². The summed E-state index contributed by atoms with van der Waals surface area (Å²) in [7, 11) is 0. The summed E-state index contributed by atoms with van der Waals surface area (Å²) in [6, 6.07) is 3.95. The second-order valence-electron chi connectivity index (χ2n) is 9.62. The van der Waals surface area contributed by atoms with Gasteiger partial charge in [0, 0.05) is 43.9 Å². The first-order chi connectivity index (χ1) is 17.5. The van der Waals surface area contributed by atoms with Crippen LogP contribution in [0.5, 0.6) is 0 Å². The Morgan fingerprint density at radius 2 is 1.78 bits per heavy atom. The van der Waals surface area contributed by atoms with Gasteiger partial charge in [-0.05, 0) is 57.0 Å². The SMILES string of the molecule is O=c1[nH]c2ncnc(N3CCC(c4nc(-c5ccc(F)c(F)c5)cn4CCN4CCCC4)CC3)c2[nH]1. The molecule has 0 atom stereocenters. The molecule has 5 heterocycles. The molecule has 0 unspecified atom stereocenters. The molecule has 0 radical (unpaired) electrons. The van der Waals surface area contributed by atoms with E-state index in [1.807, 2.05) is 6.20 Å². The fourth-order valence-electron chi connectivity index (χ4n) is 5.41. The summed E-state index contributed by atoms with van der Waals surface area (Å²) >= 11 is 0. The second-order valence-corrected chi connectivity index (χ2v) is 9.62. The topological polar surface area (TPSA) is 98.7 Å². The first-order valence-electron chi connectivity index (χ1n) is 12.5. The van der Waals surface area contributed by atoms with Gasteiger partial charge in [-0.2, -0.15) is 0 Å². The fourth-order valence-corrected chi connectivity index (χ4v) is 5.41. The number of benzene rings is 1. The third-order valence-corrected chi connectivity index (χ3v) is 7.34. The minimum atomic E-state index is -0.868. The molecule has 0 aliphatic carbocycles. The highest BCUT2D eigenvalue weighted by Crippen LogP contribution is 2.33. The lowest BCUT2D eigenvalue weighted by atomic mass is 9.95. The molecule has 2 aliphatic heterocycles. The summed E-state index contributed by atoms with van der Waals surface area (Å²) in [5.74, 6) is 0.199. The Morgan fingerprint density at radius 1 is 0.972 bits per heavy atom. The van der Waals surface area contributed by atoms with Gasteiger partial charge in [0.05, 0.1) is 5.69 Å². The predicted octanol–water partition coefficient (Wildman–Crippen LogP) is 3.27. The van der Waals surface area contributed by atoms with Crippen molar-refractivity contribution >= 4 is 17.0 Å². The molecule has 2 fully saturated rings. The minimum Gasteiger partial charge on any atom is -0.355 e. The van der Waals surface area contributed by atoms with Gasteiger partial charge in [0.2, 0.25) is 0 Å². The Labute approximate surface area is 206 Å². The molecule has 0 bridgehead atoms. The van der Waals surface area contributed by atoms with Gasteiger partial charge in [-0.3, -0.25) is 4.98 Å². The highest BCUT2D eigenvalue weighted by molar-refractivity contribution is 5.82. The van der Waals surface area contributed by atoms with Gasteiger partial charge in [-0.25, -0.2) is 28.5 Å². The molecule has 4 aromatic rings. The lowest BCUT2D eigenvalue weighted by molar-refractivity contribution is 0.317. The molecule has 1 aromatic carbocycles. The number of aromatic nitrogens is 6. The summed E-state index contributed by atoms with van der Waals surface area (Å²) in [6.07, 6.45) is 7.63. The van der Waals surface area contributed by atoms with Crippen molar-refractivity contribution in [1.29, 1.82) is 0 Å². The van der Waals surface area contributed by atoms with Crippen molar-refractivity contribution in [2.75, 3.05) is 37.6 Å². The quantitative estimate of drug-likeness (QED) is 0.427. The number of imidazole rings is 2. The summed E-state index contributed by atoms with van der Waals surface area (Å²) in [5.41, 5.74) is 2.06. The van der Waals surface area contributed by atoms with Crippen LogP contribution < -0.4 is 10.6 Å². The number of piperidine rings is 1. The first-order valence-corrected chi connectivity index (χ1v) is 12.5. The van der Waals surface area contributed by atoms with Crippen LogP contribution in [0.2, 0.25) is 0 Å². The van der Waals surface area contributed by atoms with Gasteiger partial charge in [0.1, 0.15) is 17.7 Å². The minimum absolute atomic E-state index is 0.224. The third kappa shape index (κ3) is 4.39. The van der Waals surface area contributed by atoms with Crippen LogP contribution in [-0.4, -0.2) is 67.1 Å². The lowest BCUT2D eigenvalue weighted by Crippen LogP contribution is -2.34. The average Bonchev–Trinajstić information content (AvgIpc) is 3.63. The van der Waals surface area contributed by atoms with Crippen molar-refractivity contribution in [1.82, 2.24) is 34.4 Å². The van der Waals surface area contributed by atoms with Crippen molar-refractivity contribution in [3.8, 4) is 11.3 Å². The molecule has 3 aromatic heterocycles. The van der Waals surface area contributed by atoms with Gasteiger partial charge >= 0.3 is 5.69 Å². The maximum Gasteiger partial charge on any atom is 0.325 e. The van der Waals surface area contributed by atoms with E-state index in [0.717, 1.165) is 69.8 Å². The number of anilines is 1. The Balaban J connectivity index is 1.24. The van der Waals surface area contributed by atoms with Crippen LogP contribution >= 0.6 is 0 Å². The van der Waals surface area contributed by atoms with Crippen LogP contribution in [0.1, 0.15) is 37.4 Å². The van der Waals surface area contributed by atoms with Gasteiger partial charge in [0.15, 0.2) is 23.1 Å². The Morgan fingerprint density at radius 3 is 2.56 bits per heavy atom. The number of hydrogen-bond donors (Lipinski definition) is 2. The molecule has 11 heteroatoms. The largest absolute Gasteiger partial charge is 0.355 e. The van der Waals surface area contributed by atoms with Gasteiger partial charge < -0.3 is 19.4 Å². The number of halogens is 2. The van der Waals surface area contributed by atoms with Crippen LogP contribution in [0.15, 0.2) is 35.5 Å². The summed E-state index contributed by atoms with van der Waals surface area (Å²) < 4.78 is 29.7. The summed E-state index contributed by atoms with van der Waals surface area (Å²) in [6.45, 7) is 5.50. The monoisotopic (exact) mass is 494 g/mol. The van der Waals surface area contributed by atoms with Crippen molar-refractivity contribution in [2.24, 2.45) is 0 Å². The van der Waals surface area contributed by atoms with Gasteiger partial charge in [-0.15, -0.1) is 0 Å². The van der Waals surface area contributed by atoms with E-state index in [2.05, 4.69) is 34.3 Å². The number of H-pyrrole nitrogens is 2. The van der Waals surface area contributed by atoms with Gasteiger partial charge in [0.25, 0.3) is 0 Å². The fraction of sp³-hybridized carbons (Fsp3) is 0.440. The number of nitrogens with zero attached hydrogens (tertiary/aromatic N) is 6. The Bertz CT molecular complexity index is 1430. The van der Waals surface area contributed by atoms with Crippen molar-refractivity contribution in [3.05, 3.63) is 58.7 Å². The molecular weight excluding hydrogens is 466 g/mol. The van der Waals surface area contributed by atoms with Crippen molar-refractivity contribution in [2.45, 2.75) is 38.1 Å². The van der Waals surface area contributed by atoms with E-state index in [1.165, 1.54) is 25.2 Å². The number of nitrogens with one attached hydrogen (secondary N) is 2. The predicted molar refractivity (Wildman–Crippen MR) is 132 cm³/mol. The maximum absolute atomic E-state index is 13.9. The molecule has 9 nitrogen and oxygen atoms in total. The number of fused-ring (bicyclic) bond motifs is 1. The Kier molecular flexibility index (Phi) is 6.00. The van der Waals surface area contributed by atoms with Crippen LogP contribution in [-0.2, 0) is 6.54 Å². The van der Waals surface area contributed by atoms with Gasteiger partial charge in [-0.1, -0.05) is 0 Å². The number of rotatable bonds is 6. The Hall–Kier alpha value is -3.60. The summed E-state index contributed by atoms with van der Waals surface area (Å²) in [5, 5.41) is 0. The van der Waals surface area contributed by atoms with E-state index >= 15 is 0 Å². The molecule has 0 spiro atoms. The first kappa shape index (κ1) is 22.8. The highest BCUT2D eigenvalue weighted by atomic mass is 19.2. The second kappa shape index (κ2) is 9.45. The maximum atomic E-state index is 13.9. The molecule has 2 aliphatic rings. The zero-order chi connectivity index (χ0) is 24.6. The zero-order valence-corrected chi connectivity index (χ0v) is 19.9. The molecule has 6 rings (SSSR count). The van der Waals surface area contributed by atoms with Crippen molar-refractivity contribution in [3.63, 3.8) is 0 Å². The molecular formula is C25H28F2N8O. The highest BCUT2D eigenvalue weighted by Gasteiger charge is 2.27. The normalized spacial score (nSPS) is 17.4. The third-order valence-electron chi connectivity index (χ3n) is 7.34. The zero-order valence-electron chi connectivity index (χ0n) is 19.9. The standard InChI is InChI=1S/C25H28F2N8O/c26-18-4-3-17(13-19(18)27)20-14-35(12-11-33-7-1-2-8-33)23(30-20)16-5-9-34(10-6-16)24-21-22(28-15-29-24)32-25(36)31-21/h3-4,13-16H,1-2,5-12H2,(H2,28,29,31,32,36). The molecule has 188 valence electrons. The van der Waals surface area contributed by atoms with Crippen LogP contribution in [0.4, 0.5) is 14.6 Å². The number of hydrogen-bond acceptors (Lipinski definition) is 6. The average molecular weight is 495 g/mol. The van der Waals surface area contributed by atoms with Crippen LogP contribution in [0.3, 0.4) is 0 Å². The molecule has 36 heavy (non-hydrogen) atoms. The molecule has 0 saturated carbocycles. The van der Waals surface area contributed by atoms with Crippen LogP contribution in [0.25, 0.3) is 22.4 Å². The molecule has 2 N–H and O–H groups in total. The van der Waals surface area contributed by atoms with E-state index in [9.17, 15) is 13.6 Å². The lowest BCUT2D eigenvalue weighted by Gasteiger charge is -2.32. The van der Waals surface area contributed by atoms with E-state index in [4.69, 9.17) is 4.98 Å². The van der Waals surface area contributed by atoms with Crippen LogP contribution in [0, 0.1) is 11.6 Å². The smallest absolute Gasteiger partial charge is 0.325 e. The molecule has 0 amide bonds. The summed E-state index contributed by atoms with van der Waals surface area (Å²) in [4.78, 5) is 35.4. The molecule has 2 saturated heterocycles.